The molecule has 0 spiro atoms. The average molecular weight is 287 g/mol. The van der Waals surface area contributed by atoms with E-state index < -0.39 is 6.10 Å². The van der Waals surface area contributed by atoms with Crippen molar-refractivity contribution in [2.24, 2.45) is 5.73 Å². The number of benzene rings is 2. The topological polar surface area (TPSA) is 46.2 Å². The minimum absolute atomic E-state index is 0.232. The summed E-state index contributed by atoms with van der Waals surface area (Å²) in [7, 11) is 0. The average Bonchev–Trinajstić information content (AvgIpc) is 2.49. The highest BCUT2D eigenvalue weighted by molar-refractivity contribution is 5.24. The molecule has 0 radical (unpaired) electrons. The van der Waals surface area contributed by atoms with Crippen LogP contribution in [0.15, 0.2) is 48.5 Å². The summed E-state index contributed by atoms with van der Waals surface area (Å²) in [6, 6.07) is 14.7. The molecule has 2 atom stereocenters. The number of aliphatic hydroxyl groups is 1. The molecule has 2 aromatic rings. The van der Waals surface area contributed by atoms with Crippen LogP contribution in [0.3, 0.4) is 0 Å². The molecular formula is C18H22FNO. The molecule has 0 saturated heterocycles. The summed E-state index contributed by atoms with van der Waals surface area (Å²) in [6.07, 6.45) is 0.680. The van der Waals surface area contributed by atoms with Crippen molar-refractivity contribution in [3.8, 4) is 0 Å². The molecule has 0 heterocycles. The van der Waals surface area contributed by atoms with Gasteiger partial charge in [-0.3, -0.25) is 0 Å². The number of nitrogens with two attached hydrogens (primary N) is 1. The fraction of sp³-hybridized carbons (Fsp3) is 0.333. The van der Waals surface area contributed by atoms with Crippen molar-refractivity contribution in [3.05, 3.63) is 71.0 Å². The lowest BCUT2D eigenvalue weighted by Crippen LogP contribution is -2.27. The van der Waals surface area contributed by atoms with Gasteiger partial charge in [-0.2, -0.15) is 0 Å². The maximum absolute atomic E-state index is 13.8. The van der Waals surface area contributed by atoms with Gasteiger partial charge in [0.15, 0.2) is 0 Å². The predicted molar refractivity (Wildman–Crippen MR) is 83.7 cm³/mol. The highest BCUT2D eigenvalue weighted by atomic mass is 19.1. The van der Waals surface area contributed by atoms with Crippen molar-refractivity contribution in [1.29, 1.82) is 0 Å². The van der Waals surface area contributed by atoms with Gasteiger partial charge in [-0.1, -0.05) is 48.0 Å². The van der Waals surface area contributed by atoms with Gasteiger partial charge in [0.2, 0.25) is 0 Å². The molecule has 2 nitrogen and oxygen atoms in total. The van der Waals surface area contributed by atoms with Crippen LogP contribution in [0.5, 0.6) is 0 Å². The van der Waals surface area contributed by atoms with E-state index in [1.165, 1.54) is 17.2 Å². The molecule has 0 aliphatic carbocycles. The lowest BCUT2D eigenvalue weighted by molar-refractivity contribution is 0.134. The molecule has 0 bridgehead atoms. The third-order valence-electron chi connectivity index (χ3n) is 3.87. The summed E-state index contributed by atoms with van der Waals surface area (Å²) in [4.78, 5) is 0. The Hall–Kier alpha value is -1.71. The second kappa shape index (κ2) is 7.34. The van der Waals surface area contributed by atoms with E-state index in [1.54, 1.807) is 18.2 Å². The first-order valence-electron chi connectivity index (χ1n) is 7.30. The molecule has 3 N–H and O–H groups in total. The van der Waals surface area contributed by atoms with E-state index in [1.807, 2.05) is 6.92 Å². The van der Waals surface area contributed by atoms with Crippen molar-refractivity contribution in [2.75, 3.05) is 6.54 Å². The lowest BCUT2D eigenvalue weighted by Gasteiger charge is -2.22. The molecule has 2 rings (SSSR count). The van der Waals surface area contributed by atoms with E-state index in [-0.39, 0.29) is 18.3 Å². The van der Waals surface area contributed by atoms with Gasteiger partial charge in [-0.25, -0.2) is 4.39 Å². The first-order chi connectivity index (χ1) is 10.1. The molecular weight excluding hydrogens is 265 g/mol. The second-order valence-electron chi connectivity index (χ2n) is 5.46. The number of aliphatic hydroxyl groups excluding tert-OH is 1. The van der Waals surface area contributed by atoms with Gasteiger partial charge >= 0.3 is 0 Å². The van der Waals surface area contributed by atoms with Crippen LogP contribution in [-0.2, 0) is 6.42 Å². The van der Waals surface area contributed by atoms with Crippen LogP contribution >= 0.6 is 0 Å². The molecule has 3 heteroatoms. The fourth-order valence-corrected chi connectivity index (χ4v) is 2.54. The van der Waals surface area contributed by atoms with E-state index in [9.17, 15) is 9.50 Å². The van der Waals surface area contributed by atoms with Crippen molar-refractivity contribution >= 4 is 0 Å². The Balaban J connectivity index is 2.02. The first-order valence-corrected chi connectivity index (χ1v) is 7.30. The lowest BCUT2D eigenvalue weighted by atomic mass is 9.89. The molecule has 0 aromatic heterocycles. The van der Waals surface area contributed by atoms with Crippen LogP contribution in [0.25, 0.3) is 0 Å². The summed E-state index contributed by atoms with van der Waals surface area (Å²) in [5.74, 6) is -0.668. The minimum atomic E-state index is -0.645. The summed E-state index contributed by atoms with van der Waals surface area (Å²) in [5, 5.41) is 10.4. The van der Waals surface area contributed by atoms with E-state index >= 15 is 0 Å². The number of hydrogen-bond acceptors (Lipinski definition) is 2. The third-order valence-corrected chi connectivity index (χ3v) is 3.87. The minimum Gasteiger partial charge on any atom is -0.392 e. The Morgan fingerprint density at radius 3 is 2.38 bits per heavy atom. The quantitative estimate of drug-likeness (QED) is 0.857. The Bertz CT molecular complexity index is 568. The van der Waals surface area contributed by atoms with Crippen LogP contribution in [0, 0.1) is 12.7 Å². The molecule has 112 valence electrons. The Kier molecular flexibility index (Phi) is 5.48. The van der Waals surface area contributed by atoms with Crippen LogP contribution in [0.4, 0.5) is 4.39 Å². The van der Waals surface area contributed by atoms with Crippen LogP contribution in [0.1, 0.15) is 29.0 Å². The third kappa shape index (κ3) is 4.13. The van der Waals surface area contributed by atoms with E-state index in [0.29, 0.717) is 12.0 Å². The first kappa shape index (κ1) is 15.7. The Morgan fingerprint density at radius 2 is 1.76 bits per heavy atom. The molecule has 2 unspecified atom stereocenters. The highest BCUT2D eigenvalue weighted by Crippen LogP contribution is 2.24. The molecule has 21 heavy (non-hydrogen) atoms. The van der Waals surface area contributed by atoms with Crippen LogP contribution in [-0.4, -0.2) is 17.8 Å². The molecule has 2 aromatic carbocycles. The largest absolute Gasteiger partial charge is 0.392 e. The van der Waals surface area contributed by atoms with Crippen molar-refractivity contribution in [2.45, 2.75) is 31.8 Å². The predicted octanol–water partition coefficient (Wildman–Crippen LogP) is 3.17. The summed E-state index contributed by atoms with van der Waals surface area (Å²) in [6.45, 7) is 2.28. The maximum Gasteiger partial charge on any atom is 0.126 e. The molecule has 0 saturated carbocycles. The molecule has 0 aliphatic rings. The Morgan fingerprint density at radius 1 is 1.10 bits per heavy atom. The molecule has 0 fully saturated rings. The number of rotatable bonds is 6. The molecule has 0 aliphatic heterocycles. The zero-order chi connectivity index (χ0) is 15.2. The zero-order valence-electron chi connectivity index (χ0n) is 12.3. The molecule has 0 amide bonds. The van der Waals surface area contributed by atoms with E-state index in [4.69, 9.17) is 5.73 Å². The van der Waals surface area contributed by atoms with E-state index in [0.717, 1.165) is 6.42 Å². The van der Waals surface area contributed by atoms with E-state index in [2.05, 4.69) is 24.3 Å². The van der Waals surface area contributed by atoms with Crippen molar-refractivity contribution in [3.63, 3.8) is 0 Å². The Labute approximate surface area is 125 Å². The number of halogens is 1. The monoisotopic (exact) mass is 287 g/mol. The van der Waals surface area contributed by atoms with Crippen LogP contribution < -0.4 is 5.73 Å². The standard InChI is InChI=1S/C18H22FNO/c1-13-6-8-14(9-7-13)10-11-18(21)16(12-20)15-4-2-3-5-17(15)19/h2-9,16,18,21H,10-12,20H2,1H3. The maximum atomic E-state index is 13.8. The van der Waals surface area contributed by atoms with Gasteiger partial charge in [-0.05, 0) is 37.0 Å². The van der Waals surface area contributed by atoms with Crippen LogP contribution in [0.2, 0.25) is 0 Å². The van der Waals surface area contributed by atoms with Gasteiger partial charge in [0, 0.05) is 12.5 Å². The summed E-state index contributed by atoms with van der Waals surface area (Å²) < 4.78 is 13.8. The summed E-state index contributed by atoms with van der Waals surface area (Å²) in [5.41, 5.74) is 8.62. The number of aryl methyl sites for hydroxylation is 2. The normalized spacial score (nSPS) is 13.9. The van der Waals surface area contributed by atoms with Gasteiger partial charge in [0.1, 0.15) is 5.82 Å². The van der Waals surface area contributed by atoms with Crippen molar-refractivity contribution < 1.29 is 9.50 Å². The second-order valence-corrected chi connectivity index (χ2v) is 5.46. The van der Waals surface area contributed by atoms with Crippen molar-refractivity contribution in [1.82, 2.24) is 0 Å². The van der Waals surface area contributed by atoms with Gasteiger partial charge in [-0.15, -0.1) is 0 Å². The highest BCUT2D eigenvalue weighted by Gasteiger charge is 2.22. The SMILES string of the molecule is Cc1ccc(CCC(O)C(CN)c2ccccc2F)cc1. The number of hydrogen-bond donors (Lipinski definition) is 2. The smallest absolute Gasteiger partial charge is 0.126 e. The zero-order valence-corrected chi connectivity index (χ0v) is 12.3. The summed E-state index contributed by atoms with van der Waals surface area (Å²) >= 11 is 0. The van der Waals surface area contributed by atoms with Gasteiger partial charge in [0.05, 0.1) is 6.10 Å². The van der Waals surface area contributed by atoms with Gasteiger partial charge < -0.3 is 10.8 Å². The van der Waals surface area contributed by atoms with Gasteiger partial charge in [0.25, 0.3) is 0 Å². The fourth-order valence-electron chi connectivity index (χ4n) is 2.54.